The number of thioether (sulfide) groups is 1. The van der Waals surface area contributed by atoms with Gasteiger partial charge in [0.2, 0.25) is 5.95 Å². The van der Waals surface area contributed by atoms with Crippen molar-refractivity contribution < 1.29 is 0 Å². The topological polar surface area (TPSA) is 82.0 Å². The quantitative estimate of drug-likeness (QED) is 0.729. The lowest BCUT2D eigenvalue weighted by Crippen LogP contribution is -2.04. The molecule has 0 amide bonds. The third-order valence-electron chi connectivity index (χ3n) is 2.52. The van der Waals surface area contributed by atoms with Gasteiger partial charge in [-0.25, -0.2) is 0 Å². The Morgan fingerprint density at radius 1 is 1.10 bits per heavy atom. The zero-order chi connectivity index (χ0) is 14.3. The van der Waals surface area contributed by atoms with Crippen molar-refractivity contribution in [1.82, 2.24) is 24.6 Å². The number of hydrogen-bond acceptors (Lipinski definition) is 6. The van der Waals surface area contributed by atoms with Crippen LogP contribution in [0.15, 0.2) is 23.4 Å². The van der Waals surface area contributed by atoms with E-state index < -0.39 is 0 Å². The molecule has 2 aromatic heterocycles. The summed E-state index contributed by atoms with van der Waals surface area (Å²) in [5.74, 6) is 1.05. The van der Waals surface area contributed by atoms with Crippen molar-refractivity contribution in [2.24, 2.45) is 0 Å². The minimum atomic E-state index is 0.228. The monoisotopic (exact) mass is 326 g/mol. The van der Waals surface area contributed by atoms with E-state index in [1.54, 1.807) is 18.2 Å². The molecule has 0 saturated carbocycles. The number of rotatable bonds is 2. The number of halogens is 2. The van der Waals surface area contributed by atoms with Gasteiger partial charge in [0.25, 0.3) is 5.78 Å². The Morgan fingerprint density at radius 3 is 2.45 bits per heavy atom. The summed E-state index contributed by atoms with van der Waals surface area (Å²) in [6.07, 6.45) is 1.86. The highest BCUT2D eigenvalue weighted by atomic mass is 35.5. The van der Waals surface area contributed by atoms with Crippen LogP contribution in [0.1, 0.15) is 0 Å². The Hall–Kier alpha value is -1.57. The smallest absolute Gasteiger partial charge is 0.258 e. The standard InChI is InChI=1S/C11H8Cl2N6S/c1-20-11-16-9(14)19-10(17-11)15-8(18-19)5-2-6(12)4-7(13)3-5/h2-4H,1H3,(H2,14,15,16,17,18). The molecule has 0 aliphatic heterocycles. The second-order valence-electron chi connectivity index (χ2n) is 3.87. The summed E-state index contributed by atoms with van der Waals surface area (Å²) in [7, 11) is 0. The first-order valence-corrected chi connectivity index (χ1v) is 7.45. The number of nitrogen functional groups attached to an aromatic ring is 1. The zero-order valence-corrected chi connectivity index (χ0v) is 12.5. The molecule has 0 atom stereocenters. The molecule has 0 aliphatic rings. The van der Waals surface area contributed by atoms with Gasteiger partial charge in [-0.1, -0.05) is 35.0 Å². The lowest BCUT2D eigenvalue weighted by atomic mass is 10.2. The van der Waals surface area contributed by atoms with Gasteiger partial charge in [0.1, 0.15) is 0 Å². The van der Waals surface area contributed by atoms with Crippen molar-refractivity contribution in [2.45, 2.75) is 5.16 Å². The van der Waals surface area contributed by atoms with Gasteiger partial charge in [-0.3, -0.25) is 0 Å². The molecule has 0 fully saturated rings. The summed E-state index contributed by atoms with van der Waals surface area (Å²) < 4.78 is 1.38. The van der Waals surface area contributed by atoms with Gasteiger partial charge in [-0.2, -0.15) is 19.5 Å². The summed E-state index contributed by atoms with van der Waals surface area (Å²) in [6, 6.07) is 5.09. The van der Waals surface area contributed by atoms with Crippen molar-refractivity contribution in [3.8, 4) is 11.4 Å². The largest absolute Gasteiger partial charge is 0.368 e. The number of anilines is 1. The summed E-state index contributed by atoms with van der Waals surface area (Å²) in [5, 5.41) is 5.83. The predicted molar refractivity (Wildman–Crippen MR) is 80.2 cm³/mol. The first-order valence-electron chi connectivity index (χ1n) is 5.47. The van der Waals surface area contributed by atoms with E-state index in [0.717, 1.165) is 0 Å². The molecule has 3 rings (SSSR count). The van der Waals surface area contributed by atoms with Gasteiger partial charge >= 0.3 is 0 Å². The first-order chi connectivity index (χ1) is 9.56. The first kappa shape index (κ1) is 13.4. The maximum absolute atomic E-state index is 5.97. The Morgan fingerprint density at radius 2 is 1.80 bits per heavy atom. The average Bonchev–Trinajstić information content (AvgIpc) is 2.82. The highest BCUT2D eigenvalue weighted by molar-refractivity contribution is 7.98. The number of hydrogen-bond donors (Lipinski definition) is 1. The average molecular weight is 327 g/mol. The lowest BCUT2D eigenvalue weighted by molar-refractivity contribution is 0.851. The summed E-state index contributed by atoms with van der Waals surface area (Å²) in [5.41, 5.74) is 6.52. The molecular formula is C11H8Cl2N6S. The zero-order valence-electron chi connectivity index (χ0n) is 10.2. The van der Waals surface area contributed by atoms with Gasteiger partial charge in [-0.15, -0.1) is 5.10 Å². The van der Waals surface area contributed by atoms with E-state index in [1.807, 2.05) is 6.26 Å². The normalized spacial score (nSPS) is 11.2. The molecular weight excluding hydrogens is 319 g/mol. The van der Waals surface area contributed by atoms with E-state index in [9.17, 15) is 0 Å². The van der Waals surface area contributed by atoms with Crippen molar-refractivity contribution >= 4 is 46.7 Å². The van der Waals surface area contributed by atoms with E-state index in [0.29, 0.717) is 32.4 Å². The maximum atomic E-state index is 5.97. The third kappa shape index (κ3) is 2.39. The molecule has 0 saturated heterocycles. The molecule has 102 valence electrons. The Kier molecular flexibility index (Phi) is 3.41. The molecule has 0 aliphatic carbocycles. The van der Waals surface area contributed by atoms with E-state index in [1.165, 1.54) is 16.3 Å². The van der Waals surface area contributed by atoms with Crippen LogP contribution in [0, 0.1) is 0 Å². The molecule has 0 radical (unpaired) electrons. The number of fused-ring (bicyclic) bond motifs is 1. The number of aromatic nitrogens is 5. The number of nitrogens with zero attached hydrogens (tertiary/aromatic N) is 5. The third-order valence-corrected chi connectivity index (χ3v) is 3.50. The van der Waals surface area contributed by atoms with Crippen LogP contribution in [-0.2, 0) is 0 Å². The van der Waals surface area contributed by atoms with Crippen LogP contribution in [0.4, 0.5) is 5.95 Å². The van der Waals surface area contributed by atoms with Crippen molar-refractivity contribution in [1.29, 1.82) is 0 Å². The summed E-state index contributed by atoms with van der Waals surface area (Å²) in [6.45, 7) is 0. The highest BCUT2D eigenvalue weighted by Gasteiger charge is 2.12. The molecule has 0 spiro atoms. The van der Waals surface area contributed by atoms with E-state index in [2.05, 4.69) is 20.1 Å². The molecule has 20 heavy (non-hydrogen) atoms. The van der Waals surface area contributed by atoms with Crippen LogP contribution in [0.2, 0.25) is 10.0 Å². The van der Waals surface area contributed by atoms with Gasteiger partial charge in [0, 0.05) is 15.6 Å². The summed E-state index contributed by atoms with van der Waals surface area (Å²) in [4.78, 5) is 12.7. The molecule has 2 heterocycles. The molecule has 0 unspecified atom stereocenters. The number of nitrogens with two attached hydrogens (primary N) is 1. The second-order valence-corrected chi connectivity index (χ2v) is 5.52. The van der Waals surface area contributed by atoms with Gasteiger partial charge in [0.15, 0.2) is 11.0 Å². The Bertz CT molecular complexity index is 783. The van der Waals surface area contributed by atoms with Crippen LogP contribution in [-0.4, -0.2) is 30.8 Å². The minimum Gasteiger partial charge on any atom is -0.368 e. The number of benzene rings is 1. The molecule has 9 heteroatoms. The fourth-order valence-corrected chi connectivity index (χ4v) is 2.57. The molecule has 6 nitrogen and oxygen atoms in total. The fourth-order valence-electron chi connectivity index (χ4n) is 1.68. The van der Waals surface area contributed by atoms with Crippen LogP contribution < -0.4 is 5.73 Å². The molecule has 1 aromatic carbocycles. The molecule has 0 bridgehead atoms. The summed E-state index contributed by atoms with van der Waals surface area (Å²) >= 11 is 13.3. The van der Waals surface area contributed by atoms with Crippen LogP contribution >= 0.6 is 35.0 Å². The van der Waals surface area contributed by atoms with Crippen molar-refractivity contribution in [2.75, 3.05) is 12.0 Å². The maximum Gasteiger partial charge on any atom is 0.258 e. The highest BCUT2D eigenvalue weighted by Crippen LogP contribution is 2.25. The minimum absolute atomic E-state index is 0.228. The lowest BCUT2D eigenvalue weighted by Gasteiger charge is -1.98. The Labute approximate surface area is 128 Å². The molecule has 2 N–H and O–H groups in total. The second kappa shape index (κ2) is 5.08. The van der Waals surface area contributed by atoms with Crippen LogP contribution in [0.3, 0.4) is 0 Å². The SMILES string of the molecule is CSc1nc(N)n2nc(-c3cc(Cl)cc(Cl)c3)nc2n1. The predicted octanol–water partition coefficient (Wildman–Crippen LogP) is 2.80. The Balaban J connectivity index is 2.20. The van der Waals surface area contributed by atoms with Crippen LogP contribution in [0.25, 0.3) is 17.2 Å². The fraction of sp³-hybridized carbons (Fsp3) is 0.0909. The van der Waals surface area contributed by atoms with Gasteiger partial charge < -0.3 is 5.73 Å². The van der Waals surface area contributed by atoms with E-state index in [4.69, 9.17) is 28.9 Å². The van der Waals surface area contributed by atoms with E-state index in [-0.39, 0.29) is 5.95 Å². The van der Waals surface area contributed by atoms with Crippen molar-refractivity contribution in [3.63, 3.8) is 0 Å². The van der Waals surface area contributed by atoms with Gasteiger partial charge in [0.05, 0.1) is 0 Å². The molecule has 3 aromatic rings. The van der Waals surface area contributed by atoms with Gasteiger partial charge in [-0.05, 0) is 24.5 Å². The van der Waals surface area contributed by atoms with E-state index >= 15 is 0 Å². The van der Waals surface area contributed by atoms with Crippen LogP contribution in [0.5, 0.6) is 0 Å². The van der Waals surface area contributed by atoms with Crippen molar-refractivity contribution in [3.05, 3.63) is 28.2 Å².